The first-order chi connectivity index (χ1) is 12.3. The molecule has 0 atom stereocenters. The number of ether oxygens (including phenoxy) is 2. The molecule has 2 rings (SSSR count). The predicted octanol–water partition coefficient (Wildman–Crippen LogP) is 4.49. The first kappa shape index (κ1) is 20.1. The van der Waals surface area contributed by atoms with Crippen LogP contribution in [0.2, 0.25) is 10.0 Å². The molecule has 0 aliphatic rings. The molecule has 136 valence electrons. The fraction of sp³-hybridized carbons (Fsp3) is 0.167. The summed E-state index contributed by atoms with van der Waals surface area (Å²) in [5, 5.41) is 10.00. The summed E-state index contributed by atoms with van der Waals surface area (Å²) in [5.41, 5.74) is 0.768. The van der Waals surface area contributed by atoms with Crippen LogP contribution in [0.1, 0.15) is 11.1 Å². The number of halogens is 2. The van der Waals surface area contributed by atoms with Gasteiger partial charge in [0, 0.05) is 15.6 Å². The average Bonchev–Trinajstić information content (AvgIpc) is 2.61. The van der Waals surface area contributed by atoms with Gasteiger partial charge in [-0.1, -0.05) is 29.3 Å². The third-order valence-corrected chi connectivity index (χ3v) is 5.69. The lowest BCUT2D eigenvalue weighted by Crippen LogP contribution is -2.07. The Hall–Kier alpha value is -2.20. The first-order valence-electron chi connectivity index (χ1n) is 7.31. The Balaban J connectivity index is 2.46. The van der Waals surface area contributed by atoms with Crippen molar-refractivity contribution in [3.05, 3.63) is 62.5 Å². The van der Waals surface area contributed by atoms with Crippen molar-refractivity contribution in [3.8, 4) is 17.6 Å². The molecule has 0 aliphatic carbocycles. The number of benzene rings is 2. The maximum atomic E-state index is 12.7. The molecule has 0 fully saturated rings. The number of nitriles is 1. The van der Waals surface area contributed by atoms with E-state index in [2.05, 4.69) is 0 Å². The van der Waals surface area contributed by atoms with E-state index in [0.717, 1.165) is 0 Å². The van der Waals surface area contributed by atoms with Crippen LogP contribution in [-0.2, 0) is 15.6 Å². The highest BCUT2D eigenvalue weighted by Crippen LogP contribution is 2.29. The lowest BCUT2D eigenvalue weighted by Gasteiger charge is -2.09. The van der Waals surface area contributed by atoms with Crippen molar-refractivity contribution >= 4 is 39.1 Å². The number of nitrogens with zero attached hydrogens (tertiary/aromatic N) is 1. The van der Waals surface area contributed by atoms with E-state index in [4.69, 9.17) is 32.7 Å². The second-order valence-electron chi connectivity index (χ2n) is 5.22. The van der Waals surface area contributed by atoms with E-state index in [-0.39, 0.29) is 5.02 Å². The van der Waals surface area contributed by atoms with Gasteiger partial charge >= 0.3 is 0 Å². The number of rotatable bonds is 6. The molecule has 26 heavy (non-hydrogen) atoms. The highest BCUT2D eigenvalue weighted by Gasteiger charge is 2.21. The van der Waals surface area contributed by atoms with Crippen molar-refractivity contribution in [3.63, 3.8) is 0 Å². The van der Waals surface area contributed by atoms with Gasteiger partial charge in [-0.3, -0.25) is 0 Å². The maximum Gasteiger partial charge on any atom is 0.192 e. The van der Waals surface area contributed by atoms with Crippen LogP contribution in [0, 0.1) is 11.3 Å². The average molecular weight is 412 g/mol. The summed E-state index contributed by atoms with van der Waals surface area (Å²) in [5.74, 6) is 0.500. The molecule has 0 spiro atoms. The van der Waals surface area contributed by atoms with Crippen LogP contribution in [0.3, 0.4) is 0 Å². The number of sulfone groups is 1. The number of hydrogen-bond acceptors (Lipinski definition) is 5. The summed E-state index contributed by atoms with van der Waals surface area (Å²) in [6.07, 6.45) is 1.25. The smallest absolute Gasteiger partial charge is 0.192 e. The Morgan fingerprint density at radius 3 is 2.46 bits per heavy atom. The monoisotopic (exact) mass is 411 g/mol. The molecule has 0 amide bonds. The third kappa shape index (κ3) is 4.70. The minimum atomic E-state index is -3.93. The Kier molecular flexibility index (Phi) is 6.54. The van der Waals surface area contributed by atoms with Crippen LogP contribution in [0.25, 0.3) is 6.08 Å². The number of hydrogen-bond donors (Lipinski definition) is 0. The molecule has 2 aromatic carbocycles. The van der Waals surface area contributed by atoms with Gasteiger partial charge in [0.2, 0.25) is 0 Å². The molecule has 5 nitrogen and oxygen atoms in total. The minimum absolute atomic E-state index is 0.220. The van der Waals surface area contributed by atoms with Crippen LogP contribution in [0.15, 0.2) is 41.3 Å². The van der Waals surface area contributed by atoms with E-state index < -0.39 is 20.5 Å². The second kappa shape index (κ2) is 8.45. The molecule has 0 saturated heterocycles. The summed E-state index contributed by atoms with van der Waals surface area (Å²) in [7, 11) is -0.990. The normalized spacial score (nSPS) is 11.7. The van der Waals surface area contributed by atoms with Gasteiger partial charge in [0.05, 0.1) is 20.0 Å². The fourth-order valence-corrected chi connectivity index (χ4v) is 4.02. The Morgan fingerprint density at radius 1 is 1.15 bits per heavy atom. The van der Waals surface area contributed by atoms with E-state index >= 15 is 0 Å². The SMILES string of the molecule is COc1ccc(OC)c(C=C(C#N)S(=O)(=O)Cc2ccc(Cl)cc2Cl)c1. The van der Waals surface area contributed by atoms with Gasteiger partial charge in [0.15, 0.2) is 9.84 Å². The van der Waals surface area contributed by atoms with Crippen LogP contribution in [-0.4, -0.2) is 22.6 Å². The standard InChI is InChI=1S/C18H15Cl2NO4S/c1-24-15-5-6-18(25-2)13(7-15)8-16(10-21)26(22,23)11-12-3-4-14(19)9-17(12)20/h3-9H,11H2,1-2H3. The van der Waals surface area contributed by atoms with Crippen LogP contribution >= 0.6 is 23.2 Å². The van der Waals surface area contributed by atoms with Crippen molar-refractivity contribution in [1.82, 2.24) is 0 Å². The molecule has 0 saturated carbocycles. The quantitative estimate of drug-likeness (QED) is 0.654. The zero-order valence-corrected chi connectivity index (χ0v) is 16.3. The van der Waals surface area contributed by atoms with Crippen LogP contribution < -0.4 is 9.47 Å². The largest absolute Gasteiger partial charge is 0.497 e. The zero-order chi connectivity index (χ0) is 19.3. The molecule has 0 N–H and O–H groups in total. The number of allylic oxidation sites excluding steroid dienone is 1. The van der Waals surface area contributed by atoms with Gasteiger partial charge in [-0.05, 0) is 42.0 Å². The van der Waals surface area contributed by atoms with Gasteiger partial charge < -0.3 is 9.47 Å². The van der Waals surface area contributed by atoms with Crippen molar-refractivity contribution < 1.29 is 17.9 Å². The third-order valence-electron chi connectivity index (χ3n) is 3.53. The molecule has 8 heteroatoms. The molecule has 0 heterocycles. The molecular formula is C18H15Cl2NO4S. The topological polar surface area (TPSA) is 76.4 Å². The summed E-state index contributed by atoms with van der Waals surface area (Å²) in [6.45, 7) is 0. The molecule has 0 aliphatic heterocycles. The summed E-state index contributed by atoms with van der Waals surface area (Å²) in [6, 6.07) is 11.1. The van der Waals surface area contributed by atoms with E-state index in [1.807, 2.05) is 0 Å². The molecular weight excluding hydrogens is 397 g/mol. The van der Waals surface area contributed by atoms with Gasteiger partial charge in [-0.15, -0.1) is 0 Å². The second-order valence-corrected chi connectivity index (χ2v) is 8.02. The van der Waals surface area contributed by atoms with Gasteiger partial charge in [-0.2, -0.15) is 5.26 Å². The Labute approximate surface area is 162 Å². The van der Waals surface area contributed by atoms with E-state index in [0.29, 0.717) is 27.6 Å². The van der Waals surface area contributed by atoms with Gasteiger partial charge in [0.25, 0.3) is 0 Å². The highest BCUT2D eigenvalue weighted by molar-refractivity contribution is 7.95. The summed E-state index contributed by atoms with van der Waals surface area (Å²) >= 11 is 11.9. The maximum absolute atomic E-state index is 12.7. The van der Waals surface area contributed by atoms with Crippen molar-refractivity contribution in [2.45, 2.75) is 5.75 Å². The summed E-state index contributed by atoms with van der Waals surface area (Å²) in [4.78, 5) is -0.407. The molecule has 0 bridgehead atoms. The van der Waals surface area contributed by atoms with Gasteiger partial charge in [-0.25, -0.2) is 8.42 Å². The minimum Gasteiger partial charge on any atom is -0.497 e. The lowest BCUT2D eigenvalue weighted by atomic mass is 10.1. The van der Waals surface area contributed by atoms with E-state index in [1.54, 1.807) is 30.3 Å². The summed E-state index contributed by atoms with van der Waals surface area (Å²) < 4.78 is 35.7. The van der Waals surface area contributed by atoms with Gasteiger partial charge in [0.1, 0.15) is 22.5 Å². The van der Waals surface area contributed by atoms with Crippen LogP contribution in [0.4, 0.5) is 0 Å². The van der Waals surface area contributed by atoms with E-state index in [9.17, 15) is 13.7 Å². The molecule has 0 radical (unpaired) electrons. The zero-order valence-electron chi connectivity index (χ0n) is 14.0. The fourth-order valence-electron chi connectivity index (χ4n) is 2.21. The molecule has 0 aromatic heterocycles. The predicted molar refractivity (Wildman–Crippen MR) is 102 cm³/mol. The van der Waals surface area contributed by atoms with Crippen molar-refractivity contribution in [2.24, 2.45) is 0 Å². The van der Waals surface area contributed by atoms with Crippen molar-refractivity contribution in [1.29, 1.82) is 5.26 Å². The first-order valence-corrected chi connectivity index (χ1v) is 9.72. The number of methoxy groups -OCH3 is 2. The Morgan fingerprint density at radius 2 is 1.88 bits per heavy atom. The Bertz CT molecular complexity index is 995. The highest BCUT2D eigenvalue weighted by atomic mass is 35.5. The molecule has 0 unspecified atom stereocenters. The van der Waals surface area contributed by atoms with E-state index in [1.165, 1.54) is 32.4 Å². The van der Waals surface area contributed by atoms with Crippen LogP contribution in [0.5, 0.6) is 11.5 Å². The van der Waals surface area contributed by atoms with Crippen molar-refractivity contribution in [2.75, 3.05) is 14.2 Å². The molecule has 2 aromatic rings. The lowest BCUT2D eigenvalue weighted by molar-refractivity contribution is 0.402.